The molecule has 0 aliphatic heterocycles. The first kappa shape index (κ1) is 13.8. The Morgan fingerprint density at radius 3 is 2.55 bits per heavy atom. The summed E-state index contributed by atoms with van der Waals surface area (Å²) in [5, 5.41) is 1.20. The van der Waals surface area contributed by atoms with Crippen molar-refractivity contribution in [1.29, 1.82) is 0 Å². The fourth-order valence-electron chi connectivity index (χ4n) is 2.52. The molecule has 2 aromatic rings. The van der Waals surface area contributed by atoms with Gasteiger partial charge in [-0.05, 0) is 44.9 Å². The number of rotatable bonds is 3. The molecule has 0 atom stereocenters. The van der Waals surface area contributed by atoms with Gasteiger partial charge in [-0.2, -0.15) is 0 Å². The smallest absolute Gasteiger partial charge is 0.132 e. The zero-order chi connectivity index (χ0) is 14.4. The number of hydrogen-bond acceptors (Lipinski definition) is 2. The van der Waals surface area contributed by atoms with Crippen molar-refractivity contribution in [1.82, 2.24) is 9.55 Å². The molecule has 2 N–H and O–H groups in total. The van der Waals surface area contributed by atoms with Gasteiger partial charge in [-0.3, -0.25) is 0 Å². The average Bonchev–Trinajstić information content (AvgIpc) is 3.14. The number of nitrogens with zero attached hydrogens (tertiary/aromatic N) is 2. The molecule has 0 unspecified atom stereocenters. The van der Waals surface area contributed by atoms with E-state index < -0.39 is 0 Å². The van der Waals surface area contributed by atoms with Crippen LogP contribution >= 0.6 is 23.2 Å². The van der Waals surface area contributed by atoms with Gasteiger partial charge in [0.25, 0.3) is 0 Å². The number of imidazole rings is 1. The molecule has 1 aromatic heterocycles. The molecule has 0 spiro atoms. The second kappa shape index (κ2) is 4.97. The molecule has 0 amide bonds. The van der Waals surface area contributed by atoms with Crippen molar-refractivity contribution in [3.63, 3.8) is 0 Å². The van der Waals surface area contributed by atoms with Crippen LogP contribution in [0.25, 0.3) is 11.3 Å². The summed E-state index contributed by atoms with van der Waals surface area (Å²) in [6.45, 7) is 4.24. The molecule has 1 saturated carbocycles. The van der Waals surface area contributed by atoms with Crippen LogP contribution in [0.2, 0.25) is 10.0 Å². The predicted octanol–water partition coefficient (Wildman–Crippen LogP) is 4.90. The molecular formula is C15H17Cl2N3. The van der Waals surface area contributed by atoms with Crippen LogP contribution in [0.1, 0.15) is 44.5 Å². The third-order valence-electron chi connectivity index (χ3n) is 3.62. The maximum atomic E-state index is 6.32. The number of benzene rings is 1. The zero-order valence-electron chi connectivity index (χ0n) is 11.5. The zero-order valence-corrected chi connectivity index (χ0v) is 13.0. The predicted molar refractivity (Wildman–Crippen MR) is 84.5 cm³/mol. The van der Waals surface area contributed by atoms with Crippen molar-refractivity contribution in [2.75, 3.05) is 5.73 Å². The van der Waals surface area contributed by atoms with Gasteiger partial charge in [-0.1, -0.05) is 23.2 Å². The standard InChI is InChI=1S/C15H17Cl2N3/c1-8(2)20-14(18)13(19-15(20)9-3-4-9)11-6-5-10(16)7-12(11)17/h5-9H,3-4,18H2,1-2H3. The van der Waals surface area contributed by atoms with E-state index in [0.29, 0.717) is 21.8 Å². The highest BCUT2D eigenvalue weighted by Gasteiger charge is 2.32. The van der Waals surface area contributed by atoms with Crippen molar-refractivity contribution in [2.24, 2.45) is 0 Å². The van der Waals surface area contributed by atoms with Gasteiger partial charge in [0.05, 0.1) is 5.02 Å². The van der Waals surface area contributed by atoms with Crippen molar-refractivity contribution >= 4 is 29.0 Å². The number of hydrogen-bond donors (Lipinski definition) is 1. The van der Waals surface area contributed by atoms with Gasteiger partial charge in [-0.25, -0.2) is 4.98 Å². The molecular weight excluding hydrogens is 293 g/mol. The van der Waals surface area contributed by atoms with Gasteiger partial charge in [0, 0.05) is 22.5 Å². The highest BCUT2D eigenvalue weighted by atomic mass is 35.5. The highest BCUT2D eigenvalue weighted by Crippen LogP contribution is 2.44. The average molecular weight is 310 g/mol. The Labute approximate surface area is 128 Å². The minimum Gasteiger partial charge on any atom is -0.383 e. The van der Waals surface area contributed by atoms with Gasteiger partial charge in [0.1, 0.15) is 17.3 Å². The molecule has 0 saturated heterocycles. The van der Waals surface area contributed by atoms with E-state index in [0.717, 1.165) is 17.1 Å². The first-order valence-corrected chi connectivity index (χ1v) is 7.57. The van der Waals surface area contributed by atoms with Crippen LogP contribution < -0.4 is 5.73 Å². The maximum Gasteiger partial charge on any atom is 0.132 e. The minimum atomic E-state index is 0.290. The molecule has 0 bridgehead atoms. The summed E-state index contributed by atoms with van der Waals surface area (Å²) in [5.41, 5.74) is 7.93. The van der Waals surface area contributed by atoms with Crippen molar-refractivity contribution in [2.45, 2.75) is 38.6 Å². The van der Waals surface area contributed by atoms with Crippen LogP contribution in [0, 0.1) is 0 Å². The van der Waals surface area contributed by atoms with E-state index in [9.17, 15) is 0 Å². The number of anilines is 1. The van der Waals surface area contributed by atoms with Gasteiger partial charge < -0.3 is 10.3 Å². The summed E-state index contributed by atoms with van der Waals surface area (Å²) in [4.78, 5) is 4.76. The van der Waals surface area contributed by atoms with E-state index in [2.05, 4.69) is 18.4 Å². The minimum absolute atomic E-state index is 0.290. The van der Waals surface area contributed by atoms with Gasteiger partial charge in [0.15, 0.2) is 0 Å². The lowest BCUT2D eigenvalue weighted by molar-refractivity contribution is 0.576. The second-order valence-corrected chi connectivity index (χ2v) is 6.41. The first-order valence-electron chi connectivity index (χ1n) is 6.82. The molecule has 20 heavy (non-hydrogen) atoms. The molecule has 1 aliphatic carbocycles. The quantitative estimate of drug-likeness (QED) is 0.876. The van der Waals surface area contributed by atoms with E-state index >= 15 is 0 Å². The number of nitrogen functional groups attached to an aromatic ring is 1. The summed E-state index contributed by atoms with van der Waals surface area (Å²) in [6, 6.07) is 5.71. The molecule has 1 fully saturated rings. The monoisotopic (exact) mass is 309 g/mol. The number of aromatic nitrogens is 2. The third kappa shape index (κ3) is 2.29. The molecule has 5 heteroatoms. The lowest BCUT2D eigenvalue weighted by atomic mass is 10.1. The Morgan fingerprint density at radius 2 is 2.00 bits per heavy atom. The Kier molecular flexibility index (Phi) is 3.43. The molecule has 1 heterocycles. The molecule has 1 aliphatic rings. The third-order valence-corrected chi connectivity index (χ3v) is 4.17. The number of halogens is 2. The summed E-state index contributed by atoms with van der Waals surface area (Å²) in [6.07, 6.45) is 2.38. The Morgan fingerprint density at radius 1 is 1.30 bits per heavy atom. The van der Waals surface area contributed by atoms with E-state index in [1.807, 2.05) is 12.1 Å². The van der Waals surface area contributed by atoms with Crippen LogP contribution in [0.15, 0.2) is 18.2 Å². The van der Waals surface area contributed by atoms with Crippen LogP contribution in [0.5, 0.6) is 0 Å². The van der Waals surface area contributed by atoms with Crippen LogP contribution in [-0.2, 0) is 0 Å². The lowest BCUT2D eigenvalue weighted by Crippen LogP contribution is -2.08. The Bertz CT molecular complexity index is 657. The SMILES string of the molecule is CC(C)n1c(C2CC2)nc(-c2ccc(Cl)cc2Cl)c1N. The summed E-state index contributed by atoms with van der Waals surface area (Å²) >= 11 is 12.2. The largest absolute Gasteiger partial charge is 0.383 e. The van der Waals surface area contributed by atoms with E-state index in [1.165, 1.54) is 12.8 Å². The Hall–Kier alpha value is -1.19. The van der Waals surface area contributed by atoms with Crippen molar-refractivity contribution in [3.05, 3.63) is 34.1 Å². The van der Waals surface area contributed by atoms with Gasteiger partial charge in [-0.15, -0.1) is 0 Å². The first-order chi connectivity index (χ1) is 9.49. The van der Waals surface area contributed by atoms with Crippen molar-refractivity contribution in [3.8, 4) is 11.3 Å². The van der Waals surface area contributed by atoms with Gasteiger partial charge >= 0.3 is 0 Å². The lowest BCUT2D eigenvalue weighted by Gasteiger charge is -2.13. The second-order valence-electron chi connectivity index (χ2n) is 5.57. The highest BCUT2D eigenvalue weighted by molar-refractivity contribution is 6.36. The maximum absolute atomic E-state index is 6.32. The van der Waals surface area contributed by atoms with E-state index in [4.69, 9.17) is 33.9 Å². The van der Waals surface area contributed by atoms with Crippen LogP contribution in [0.3, 0.4) is 0 Å². The molecule has 1 aromatic carbocycles. The summed E-state index contributed by atoms with van der Waals surface area (Å²) < 4.78 is 2.12. The van der Waals surface area contributed by atoms with Gasteiger partial charge in [0.2, 0.25) is 0 Å². The fraction of sp³-hybridized carbons (Fsp3) is 0.400. The van der Waals surface area contributed by atoms with Crippen molar-refractivity contribution < 1.29 is 0 Å². The molecule has 0 radical (unpaired) electrons. The van der Waals surface area contributed by atoms with Crippen LogP contribution in [-0.4, -0.2) is 9.55 Å². The summed E-state index contributed by atoms with van der Waals surface area (Å²) in [7, 11) is 0. The van der Waals surface area contributed by atoms with E-state index in [1.54, 1.807) is 6.07 Å². The normalized spacial score (nSPS) is 15.1. The number of nitrogens with two attached hydrogens (primary N) is 1. The molecule has 3 nitrogen and oxygen atoms in total. The molecule has 3 rings (SSSR count). The summed E-state index contributed by atoms with van der Waals surface area (Å²) in [5.74, 6) is 2.31. The topological polar surface area (TPSA) is 43.8 Å². The van der Waals surface area contributed by atoms with Crippen LogP contribution in [0.4, 0.5) is 5.82 Å². The van der Waals surface area contributed by atoms with E-state index in [-0.39, 0.29) is 6.04 Å². The molecule has 106 valence electrons. The fourth-order valence-corrected chi connectivity index (χ4v) is 3.01. The Balaban J connectivity index is 2.16.